The molecule has 1 aliphatic rings. The predicted octanol–water partition coefficient (Wildman–Crippen LogP) is 2.91. The third-order valence-corrected chi connectivity index (χ3v) is 12.1. The molecule has 0 bridgehead atoms. The van der Waals surface area contributed by atoms with Crippen LogP contribution in [0.3, 0.4) is 0 Å². The van der Waals surface area contributed by atoms with Gasteiger partial charge in [0.2, 0.25) is 0 Å². The molecule has 0 aliphatic carbocycles. The van der Waals surface area contributed by atoms with E-state index in [0.29, 0.717) is 5.46 Å². The number of benzene rings is 3. The van der Waals surface area contributed by atoms with E-state index in [4.69, 9.17) is 4.43 Å². The van der Waals surface area contributed by atoms with Crippen LogP contribution in [0.4, 0.5) is 0 Å². The largest absolute Gasteiger partial charge is 0.488 e. The first-order valence-electron chi connectivity index (χ1n) is 12.3. The second kappa shape index (κ2) is 10.6. The van der Waals surface area contributed by atoms with Crippen molar-refractivity contribution in [3.8, 4) is 0 Å². The summed E-state index contributed by atoms with van der Waals surface area (Å²) in [5.74, 6) is 0. The molecular weight excluding hydrogens is 437 g/mol. The molecule has 0 atom stereocenters. The summed E-state index contributed by atoms with van der Waals surface area (Å²) in [5.41, 5.74) is 1.72. The van der Waals surface area contributed by atoms with Gasteiger partial charge >= 0.3 is 7.12 Å². The molecule has 2 N–H and O–H groups in total. The van der Waals surface area contributed by atoms with Gasteiger partial charge in [-0.2, -0.15) is 0 Å². The molecule has 0 saturated carbocycles. The summed E-state index contributed by atoms with van der Waals surface area (Å²) in [6.07, 6.45) is 2.25. The van der Waals surface area contributed by atoms with Gasteiger partial charge in [0.1, 0.15) is 0 Å². The molecule has 4 rings (SSSR count). The summed E-state index contributed by atoms with van der Waals surface area (Å²) in [6.45, 7) is 9.86. The first kappa shape index (κ1) is 24.9. The Kier molecular flexibility index (Phi) is 7.75. The molecule has 3 aromatic rings. The molecule has 178 valence electrons. The van der Waals surface area contributed by atoms with E-state index in [0.717, 1.165) is 32.5 Å². The van der Waals surface area contributed by atoms with E-state index in [1.165, 1.54) is 15.9 Å². The Balaban J connectivity index is 1.51. The second-order valence-electron chi connectivity index (χ2n) is 10.4. The minimum absolute atomic E-state index is 0.00808. The van der Waals surface area contributed by atoms with E-state index in [1.807, 2.05) is 12.1 Å². The monoisotopic (exact) mass is 473 g/mol. The van der Waals surface area contributed by atoms with Crippen LogP contribution in [0.2, 0.25) is 5.04 Å². The average molecular weight is 473 g/mol. The standard InChI is InChI=1S/C28H36BNO3Si/c1-28(2,3)34(26-10-6-4-7-11-26,27-12-8-5-9-13-27)33-25-18-20-30(21-19-25)22-23-14-16-24(17-15-23)29(31)32/h4-17,25,31-32H,18-22H2,1-3H3. The van der Waals surface area contributed by atoms with Crippen molar-refractivity contribution in [2.24, 2.45) is 0 Å². The molecule has 0 spiro atoms. The molecule has 34 heavy (non-hydrogen) atoms. The topological polar surface area (TPSA) is 52.9 Å². The molecule has 1 heterocycles. The number of nitrogens with zero attached hydrogens (tertiary/aromatic N) is 1. The number of hydrogen-bond donors (Lipinski definition) is 2. The zero-order chi connectivity index (χ0) is 24.2. The minimum Gasteiger partial charge on any atom is -0.423 e. The van der Waals surface area contributed by atoms with Crippen LogP contribution in [0.5, 0.6) is 0 Å². The SMILES string of the molecule is CC(C)(C)[Si](OC1CCN(Cc2ccc(B(O)O)cc2)CC1)(c1ccccc1)c1ccccc1. The van der Waals surface area contributed by atoms with Crippen LogP contribution in [0, 0.1) is 0 Å². The van der Waals surface area contributed by atoms with Crippen molar-refractivity contribution in [2.75, 3.05) is 13.1 Å². The van der Waals surface area contributed by atoms with Gasteiger partial charge in [-0.15, -0.1) is 0 Å². The highest BCUT2D eigenvalue weighted by molar-refractivity contribution is 6.99. The fraction of sp³-hybridized carbons (Fsp3) is 0.357. The molecule has 0 aromatic heterocycles. The molecule has 6 heteroatoms. The number of piperidine rings is 1. The normalized spacial score (nSPS) is 15.9. The first-order chi connectivity index (χ1) is 16.3. The maximum atomic E-state index is 9.31. The van der Waals surface area contributed by atoms with Crippen LogP contribution in [-0.4, -0.2) is 49.6 Å². The lowest BCUT2D eigenvalue weighted by molar-refractivity contribution is 0.0895. The Morgan fingerprint density at radius 3 is 1.76 bits per heavy atom. The van der Waals surface area contributed by atoms with Gasteiger partial charge in [-0.05, 0) is 39.3 Å². The van der Waals surface area contributed by atoms with Crippen molar-refractivity contribution in [2.45, 2.75) is 51.3 Å². The number of likely N-dealkylation sites (tertiary alicyclic amines) is 1. The number of rotatable bonds is 7. The summed E-state index contributed by atoms with van der Waals surface area (Å²) in [7, 11) is -3.93. The van der Waals surface area contributed by atoms with Gasteiger partial charge in [0.05, 0.1) is 0 Å². The van der Waals surface area contributed by atoms with Gasteiger partial charge in [0, 0.05) is 25.7 Å². The third kappa shape index (κ3) is 5.37. The van der Waals surface area contributed by atoms with E-state index < -0.39 is 15.4 Å². The van der Waals surface area contributed by atoms with Crippen LogP contribution in [-0.2, 0) is 11.0 Å². The van der Waals surface area contributed by atoms with Crippen LogP contribution in [0.15, 0.2) is 84.9 Å². The van der Waals surface area contributed by atoms with E-state index >= 15 is 0 Å². The maximum Gasteiger partial charge on any atom is 0.488 e. The van der Waals surface area contributed by atoms with Crippen LogP contribution < -0.4 is 15.8 Å². The molecule has 0 amide bonds. The van der Waals surface area contributed by atoms with Crippen molar-refractivity contribution in [3.05, 3.63) is 90.5 Å². The second-order valence-corrected chi connectivity index (χ2v) is 14.6. The van der Waals surface area contributed by atoms with Gasteiger partial charge in [-0.3, -0.25) is 4.90 Å². The maximum absolute atomic E-state index is 9.31. The molecule has 4 nitrogen and oxygen atoms in total. The summed E-state index contributed by atoms with van der Waals surface area (Å²) >= 11 is 0. The number of hydrogen-bond acceptors (Lipinski definition) is 4. The predicted molar refractivity (Wildman–Crippen MR) is 143 cm³/mol. The smallest absolute Gasteiger partial charge is 0.423 e. The highest BCUT2D eigenvalue weighted by Crippen LogP contribution is 2.38. The Morgan fingerprint density at radius 1 is 0.824 bits per heavy atom. The highest BCUT2D eigenvalue weighted by Gasteiger charge is 2.51. The Labute approximate surface area is 205 Å². The fourth-order valence-corrected chi connectivity index (χ4v) is 9.93. The van der Waals surface area contributed by atoms with Gasteiger partial charge < -0.3 is 14.5 Å². The molecule has 1 aliphatic heterocycles. The lowest BCUT2D eigenvalue weighted by Crippen LogP contribution is -2.68. The summed E-state index contributed by atoms with van der Waals surface area (Å²) in [5, 5.41) is 21.3. The Hall–Kier alpha value is -2.22. The Bertz CT molecular complexity index is 991. The quantitative estimate of drug-likeness (QED) is 0.519. The first-order valence-corrected chi connectivity index (χ1v) is 14.2. The van der Waals surface area contributed by atoms with Gasteiger partial charge in [-0.25, -0.2) is 0 Å². The molecule has 1 saturated heterocycles. The van der Waals surface area contributed by atoms with Crippen molar-refractivity contribution >= 4 is 31.3 Å². The van der Waals surface area contributed by atoms with E-state index in [-0.39, 0.29) is 11.1 Å². The fourth-order valence-electron chi connectivity index (χ4n) is 5.18. The molecule has 3 aromatic carbocycles. The molecule has 1 fully saturated rings. The van der Waals surface area contributed by atoms with Crippen molar-refractivity contribution in [1.29, 1.82) is 0 Å². The van der Waals surface area contributed by atoms with Crippen LogP contribution in [0.25, 0.3) is 0 Å². The van der Waals surface area contributed by atoms with E-state index in [9.17, 15) is 10.0 Å². The Morgan fingerprint density at radius 2 is 1.32 bits per heavy atom. The summed E-state index contributed by atoms with van der Waals surface area (Å²) < 4.78 is 7.31. The molecule has 0 unspecified atom stereocenters. The van der Waals surface area contributed by atoms with Gasteiger partial charge in [0.25, 0.3) is 8.32 Å². The van der Waals surface area contributed by atoms with E-state index in [2.05, 4.69) is 86.3 Å². The zero-order valence-electron chi connectivity index (χ0n) is 20.5. The molecule has 0 radical (unpaired) electrons. The average Bonchev–Trinajstić information content (AvgIpc) is 2.84. The van der Waals surface area contributed by atoms with Crippen molar-refractivity contribution < 1.29 is 14.5 Å². The van der Waals surface area contributed by atoms with Crippen molar-refractivity contribution in [1.82, 2.24) is 4.90 Å². The third-order valence-electron chi connectivity index (χ3n) is 6.98. The summed E-state index contributed by atoms with van der Waals surface area (Å²) in [4.78, 5) is 2.47. The lowest BCUT2D eigenvalue weighted by Gasteiger charge is -2.46. The molecular formula is C28H36BNO3Si. The van der Waals surface area contributed by atoms with Crippen molar-refractivity contribution in [3.63, 3.8) is 0 Å². The zero-order valence-corrected chi connectivity index (χ0v) is 21.5. The van der Waals surface area contributed by atoms with E-state index in [1.54, 1.807) is 12.1 Å². The lowest BCUT2D eigenvalue weighted by atomic mass is 9.80. The van der Waals surface area contributed by atoms with Gasteiger partial charge in [-0.1, -0.05) is 106 Å². The van der Waals surface area contributed by atoms with Crippen LogP contribution >= 0.6 is 0 Å². The summed E-state index contributed by atoms with van der Waals surface area (Å²) in [6, 6.07) is 29.3. The van der Waals surface area contributed by atoms with Crippen LogP contribution in [0.1, 0.15) is 39.2 Å². The minimum atomic E-state index is -2.52. The van der Waals surface area contributed by atoms with Gasteiger partial charge in [0.15, 0.2) is 0 Å². The highest BCUT2D eigenvalue weighted by atomic mass is 28.4.